The van der Waals surface area contributed by atoms with E-state index in [0.29, 0.717) is 37.2 Å². The van der Waals surface area contributed by atoms with Crippen molar-refractivity contribution in [2.75, 3.05) is 40.3 Å². The fourth-order valence-electron chi connectivity index (χ4n) is 5.62. The fraction of sp³-hybridized carbons (Fsp3) is 0.447. The van der Waals surface area contributed by atoms with Gasteiger partial charge in [0.15, 0.2) is 0 Å². The summed E-state index contributed by atoms with van der Waals surface area (Å²) in [6.07, 6.45) is 1.77. The summed E-state index contributed by atoms with van der Waals surface area (Å²) >= 11 is 0. The molecule has 0 heterocycles. The van der Waals surface area contributed by atoms with Crippen LogP contribution in [0.2, 0.25) is 0 Å². The second kappa shape index (κ2) is 19.9. The molecular formula is C38H53N5O7S. The highest BCUT2D eigenvalue weighted by molar-refractivity contribution is 7.88. The van der Waals surface area contributed by atoms with Gasteiger partial charge in [-0.1, -0.05) is 69.7 Å². The van der Waals surface area contributed by atoms with Crippen LogP contribution in [0.3, 0.4) is 0 Å². The Morgan fingerprint density at radius 2 is 1.35 bits per heavy atom. The Bertz CT molecular complexity index is 1680. The first-order chi connectivity index (χ1) is 24.3. The highest BCUT2D eigenvalue weighted by Crippen LogP contribution is 2.18. The first-order valence-electron chi connectivity index (χ1n) is 17.5. The summed E-state index contributed by atoms with van der Waals surface area (Å²) in [5.74, 6) is -1.50. The van der Waals surface area contributed by atoms with Gasteiger partial charge in [0.1, 0.15) is 5.75 Å². The summed E-state index contributed by atoms with van der Waals surface area (Å²) in [5, 5.41) is 25.9. The molecule has 3 aromatic rings. The van der Waals surface area contributed by atoms with Gasteiger partial charge in [0.25, 0.3) is 17.7 Å². The van der Waals surface area contributed by atoms with Crippen molar-refractivity contribution >= 4 is 27.7 Å². The van der Waals surface area contributed by atoms with Crippen LogP contribution in [0, 0.1) is 0 Å². The number of hydrogen-bond acceptors (Lipinski definition) is 8. The van der Waals surface area contributed by atoms with Gasteiger partial charge >= 0.3 is 0 Å². The van der Waals surface area contributed by atoms with Crippen LogP contribution in [0.25, 0.3) is 0 Å². The molecule has 13 heteroatoms. The van der Waals surface area contributed by atoms with Crippen LogP contribution in [-0.4, -0.2) is 104 Å². The molecule has 0 aliphatic rings. The Labute approximate surface area is 302 Å². The van der Waals surface area contributed by atoms with Gasteiger partial charge in [-0.25, -0.2) is 13.4 Å². The van der Waals surface area contributed by atoms with Crippen molar-refractivity contribution in [1.82, 2.24) is 25.0 Å². The molecule has 0 fully saturated rings. The number of phenolic OH excluding ortho intramolecular Hbond substituents is 1. The molecule has 278 valence electrons. The minimum atomic E-state index is -3.84. The molecular weight excluding hydrogens is 671 g/mol. The van der Waals surface area contributed by atoms with Crippen molar-refractivity contribution in [3.63, 3.8) is 0 Å². The summed E-state index contributed by atoms with van der Waals surface area (Å²) < 4.78 is 26.3. The van der Waals surface area contributed by atoms with Crippen LogP contribution in [-0.2, 0) is 22.2 Å². The molecule has 3 aromatic carbocycles. The van der Waals surface area contributed by atoms with Crippen LogP contribution in [0.5, 0.6) is 5.75 Å². The van der Waals surface area contributed by atoms with Gasteiger partial charge in [0, 0.05) is 57.0 Å². The normalized spacial score (nSPS) is 12.7. The van der Waals surface area contributed by atoms with Crippen LogP contribution in [0.15, 0.2) is 72.8 Å². The average Bonchev–Trinajstić information content (AvgIpc) is 3.10. The minimum Gasteiger partial charge on any atom is -0.508 e. The van der Waals surface area contributed by atoms with E-state index in [2.05, 4.69) is 10.1 Å². The lowest BCUT2D eigenvalue weighted by molar-refractivity contribution is 0.0614. The number of unbranched alkanes of at least 4 members (excludes halogenated alkanes) is 1. The number of nitrogens with zero attached hydrogens (tertiary/aromatic N) is 3. The average molecular weight is 724 g/mol. The summed E-state index contributed by atoms with van der Waals surface area (Å²) in [4.78, 5) is 46.4. The van der Waals surface area contributed by atoms with Crippen molar-refractivity contribution < 1.29 is 33.0 Å². The standard InChI is InChI=1S/C38H53N5O7S/c1-6-9-21-43(40-51(49,50)27-29-13-11-10-12-14-29)26-35(45)34(22-28-15-17-33(44)18-16-28)39-36(46)30-23-31(37(47)41(4)5)25-32(24-30)38(48)42(19-7-2)20-8-3/h10-18,23-25,34-35,40,44-45H,6-9,19-22,26-27H2,1-5H3,(H,39,46). The third-order valence-electron chi connectivity index (χ3n) is 8.20. The Kier molecular flexibility index (Phi) is 16.1. The molecule has 12 nitrogen and oxygen atoms in total. The smallest absolute Gasteiger partial charge is 0.253 e. The van der Waals surface area contributed by atoms with E-state index in [9.17, 15) is 33.0 Å². The van der Waals surface area contributed by atoms with E-state index < -0.39 is 28.1 Å². The maximum Gasteiger partial charge on any atom is 0.253 e. The summed E-state index contributed by atoms with van der Waals surface area (Å²) in [6, 6.07) is 18.5. The SMILES string of the molecule is CCCCN(CC(O)C(Cc1ccc(O)cc1)NC(=O)c1cc(C(=O)N(C)C)cc(C(=O)N(CCC)CCC)c1)NS(=O)(=O)Cc1ccccc1. The highest BCUT2D eigenvalue weighted by Gasteiger charge is 2.28. The van der Waals surface area contributed by atoms with Gasteiger partial charge in [-0.05, 0) is 67.1 Å². The number of carbonyl (C=O) groups excluding carboxylic acids is 3. The van der Waals surface area contributed by atoms with Gasteiger partial charge in [0.2, 0.25) is 10.0 Å². The number of sulfonamides is 1. The Morgan fingerprint density at radius 3 is 1.92 bits per heavy atom. The molecule has 0 saturated heterocycles. The lowest BCUT2D eigenvalue weighted by Gasteiger charge is -2.30. The van der Waals surface area contributed by atoms with Crippen molar-refractivity contribution in [3.05, 3.63) is 101 Å². The second-order valence-corrected chi connectivity index (χ2v) is 14.6. The molecule has 0 spiro atoms. The number of nitrogens with one attached hydrogen (secondary N) is 2. The van der Waals surface area contributed by atoms with E-state index in [1.54, 1.807) is 61.5 Å². The third-order valence-corrected chi connectivity index (χ3v) is 9.45. The summed E-state index contributed by atoms with van der Waals surface area (Å²) in [5.41, 5.74) is 1.73. The number of benzene rings is 3. The number of hydrogen-bond donors (Lipinski definition) is 4. The number of hydrazine groups is 1. The molecule has 0 saturated carbocycles. The van der Waals surface area contributed by atoms with Crippen molar-refractivity contribution in [1.29, 1.82) is 0 Å². The van der Waals surface area contributed by atoms with E-state index in [-0.39, 0.29) is 53.0 Å². The number of carbonyl (C=O) groups is 3. The number of aromatic hydroxyl groups is 1. The number of aliphatic hydroxyl groups is 1. The molecule has 0 aromatic heterocycles. The topological polar surface area (TPSA) is 160 Å². The Morgan fingerprint density at radius 1 is 0.765 bits per heavy atom. The van der Waals surface area contributed by atoms with Crippen LogP contribution >= 0.6 is 0 Å². The predicted molar refractivity (Wildman–Crippen MR) is 199 cm³/mol. The third kappa shape index (κ3) is 13.1. The second-order valence-electron chi connectivity index (χ2n) is 12.9. The fourth-order valence-corrected chi connectivity index (χ4v) is 6.88. The number of rotatable bonds is 20. The molecule has 2 unspecified atom stereocenters. The van der Waals surface area contributed by atoms with E-state index in [1.165, 1.54) is 40.2 Å². The summed E-state index contributed by atoms with van der Waals surface area (Å²) in [7, 11) is -0.670. The van der Waals surface area contributed by atoms with Crippen LogP contribution < -0.4 is 10.1 Å². The van der Waals surface area contributed by atoms with Gasteiger partial charge in [-0.15, -0.1) is 4.83 Å². The van der Waals surface area contributed by atoms with Crippen molar-refractivity contribution in [2.45, 2.75) is 70.8 Å². The number of phenols is 1. The Hall–Kier alpha value is -4.30. The quantitative estimate of drug-likeness (QED) is 0.126. The molecule has 0 radical (unpaired) electrons. The molecule has 2 atom stereocenters. The van der Waals surface area contributed by atoms with Gasteiger partial charge in [0.05, 0.1) is 17.9 Å². The first-order valence-corrected chi connectivity index (χ1v) is 19.1. The largest absolute Gasteiger partial charge is 0.508 e. The zero-order valence-electron chi connectivity index (χ0n) is 30.3. The van der Waals surface area contributed by atoms with Crippen molar-refractivity contribution in [3.8, 4) is 5.75 Å². The van der Waals surface area contributed by atoms with E-state index in [1.807, 2.05) is 20.8 Å². The zero-order chi connectivity index (χ0) is 37.6. The van der Waals surface area contributed by atoms with E-state index in [0.717, 1.165) is 19.3 Å². The molecule has 0 aliphatic heterocycles. The predicted octanol–water partition coefficient (Wildman–Crippen LogP) is 4.19. The van der Waals surface area contributed by atoms with E-state index >= 15 is 0 Å². The molecule has 51 heavy (non-hydrogen) atoms. The maximum absolute atomic E-state index is 14.0. The maximum atomic E-state index is 14.0. The van der Waals surface area contributed by atoms with Gasteiger partial charge in [-0.2, -0.15) is 0 Å². The first kappa shape index (κ1) is 41.1. The van der Waals surface area contributed by atoms with Crippen LogP contribution in [0.1, 0.15) is 88.7 Å². The molecule has 4 N–H and O–H groups in total. The Balaban J connectivity index is 1.96. The lowest BCUT2D eigenvalue weighted by atomic mass is 9.99. The van der Waals surface area contributed by atoms with Gasteiger partial charge < -0.3 is 25.3 Å². The molecule has 3 amide bonds. The van der Waals surface area contributed by atoms with Crippen molar-refractivity contribution in [2.24, 2.45) is 0 Å². The number of aliphatic hydroxyl groups excluding tert-OH is 1. The molecule has 0 aliphatic carbocycles. The molecule has 0 bridgehead atoms. The minimum absolute atomic E-state index is 0.0539. The monoisotopic (exact) mass is 723 g/mol. The molecule has 3 rings (SSSR count). The lowest BCUT2D eigenvalue weighted by Crippen LogP contribution is -2.53. The highest BCUT2D eigenvalue weighted by atomic mass is 32.2. The van der Waals surface area contributed by atoms with Crippen LogP contribution in [0.4, 0.5) is 0 Å². The number of amides is 3. The van der Waals surface area contributed by atoms with Gasteiger partial charge in [-0.3, -0.25) is 14.4 Å². The van der Waals surface area contributed by atoms with E-state index in [4.69, 9.17) is 0 Å². The zero-order valence-corrected chi connectivity index (χ0v) is 31.2. The summed E-state index contributed by atoms with van der Waals surface area (Å²) in [6.45, 7) is 7.11.